The fourth-order valence-corrected chi connectivity index (χ4v) is 5.73. The summed E-state index contributed by atoms with van der Waals surface area (Å²) in [5.41, 5.74) is 4.47. The number of nitrogens with zero attached hydrogens (tertiary/aromatic N) is 4. The monoisotopic (exact) mass is 409 g/mol. The van der Waals surface area contributed by atoms with E-state index in [0.29, 0.717) is 31.3 Å². The number of carbonyl (C=O) groups is 1. The lowest BCUT2D eigenvalue weighted by Gasteiger charge is -2.29. The Morgan fingerprint density at radius 3 is 3.00 bits per heavy atom. The van der Waals surface area contributed by atoms with Crippen LogP contribution in [0.5, 0.6) is 0 Å². The summed E-state index contributed by atoms with van der Waals surface area (Å²) in [6.45, 7) is 9.40. The van der Waals surface area contributed by atoms with Crippen LogP contribution in [0.25, 0.3) is 0 Å². The van der Waals surface area contributed by atoms with Gasteiger partial charge in [-0.1, -0.05) is 0 Å². The van der Waals surface area contributed by atoms with Crippen LogP contribution in [0, 0.1) is 32.6 Å². The van der Waals surface area contributed by atoms with Crippen LogP contribution in [0.3, 0.4) is 0 Å². The molecule has 2 aromatic rings. The fourth-order valence-electron chi connectivity index (χ4n) is 5.73. The molecule has 0 aromatic carbocycles. The van der Waals surface area contributed by atoms with Crippen molar-refractivity contribution in [3.8, 4) is 0 Å². The van der Waals surface area contributed by atoms with Crippen molar-refractivity contribution in [2.75, 3.05) is 24.5 Å². The topological polar surface area (TPSA) is 72.3 Å². The molecule has 5 heterocycles. The van der Waals surface area contributed by atoms with Crippen molar-refractivity contribution in [3.63, 3.8) is 0 Å². The molecule has 1 N–H and O–H groups in total. The Bertz CT molecular complexity index is 957. The lowest BCUT2D eigenvalue weighted by Crippen LogP contribution is -2.42. The maximum absolute atomic E-state index is 12.4. The molecule has 3 aliphatic rings. The molecule has 1 spiro atoms. The second-order valence-corrected chi connectivity index (χ2v) is 9.30. The average molecular weight is 410 g/mol. The zero-order chi connectivity index (χ0) is 20.9. The third kappa shape index (κ3) is 3.39. The number of ether oxygens (including phenoxy) is 1. The first-order valence-electron chi connectivity index (χ1n) is 11.1. The number of hydrogen-bond donors (Lipinski definition) is 1. The third-order valence-electron chi connectivity index (χ3n) is 7.21. The van der Waals surface area contributed by atoms with Gasteiger partial charge in [0.25, 0.3) is 0 Å². The quantitative estimate of drug-likeness (QED) is 0.793. The van der Waals surface area contributed by atoms with Gasteiger partial charge in [-0.3, -0.25) is 14.5 Å². The highest BCUT2D eigenvalue weighted by molar-refractivity contribution is 5.75. The van der Waals surface area contributed by atoms with E-state index in [-0.39, 0.29) is 17.6 Å². The average Bonchev–Trinajstić information content (AvgIpc) is 3.47. The lowest BCUT2D eigenvalue weighted by molar-refractivity contribution is -0.121. The first kappa shape index (κ1) is 19.5. The first-order valence-corrected chi connectivity index (χ1v) is 11.1. The minimum atomic E-state index is -0.0454. The van der Waals surface area contributed by atoms with Gasteiger partial charge in [0.05, 0.1) is 17.4 Å². The molecule has 160 valence electrons. The van der Waals surface area contributed by atoms with Gasteiger partial charge in [-0.25, -0.2) is 0 Å². The van der Waals surface area contributed by atoms with Crippen molar-refractivity contribution in [3.05, 3.63) is 41.5 Å². The van der Waals surface area contributed by atoms with E-state index in [1.807, 2.05) is 37.0 Å². The van der Waals surface area contributed by atoms with Crippen LogP contribution in [0.1, 0.15) is 36.2 Å². The second-order valence-electron chi connectivity index (χ2n) is 9.30. The number of fused-ring (bicyclic) bond motifs is 1. The molecule has 2 bridgehead atoms. The van der Waals surface area contributed by atoms with Crippen LogP contribution in [0.15, 0.2) is 24.5 Å². The number of aromatic nitrogens is 3. The largest absolute Gasteiger partial charge is 0.369 e. The summed E-state index contributed by atoms with van der Waals surface area (Å²) in [5, 5.41) is 7.53. The van der Waals surface area contributed by atoms with Gasteiger partial charge >= 0.3 is 0 Å². The predicted molar refractivity (Wildman–Crippen MR) is 114 cm³/mol. The summed E-state index contributed by atoms with van der Waals surface area (Å²) >= 11 is 0. The Labute approximate surface area is 177 Å². The van der Waals surface area contributed by atoms with Crippen LogP contribution < -0.4 is 10.2 Å². The van der Waals surface area contributed by atoms with Crippen LogP contribution in [-0.2, 0) is 16.1 Å². The molecule has 0 radical (unpaired) electrons. The van der Waals surface area contributed by atoms with Crippen molar-refractivity contribution < 1.29 is 9.53 Å². The van der Waals surface area contributed by atoms with Gasteiger partial charge in [-0.15, -0.1) is 0 Å². The summed E-state index contributed by atoms with van der Waals surface area (Å²) in [5.74, 6) is 0.955. The van der Waals surface area contributed by atoms with Gasteiger partial charge in [0.15, 0.2) is 0 Å². The van der Waals surface area contributed by atoms with Crippen LogP contribution in [-0.4, -0.2) is 52.0 Å². The first-order chi connectivity index (χ1) is 14.4. The van der Waals surface area contributed by atoms with Crippen molar-refractivity contribution in [2.45, 2.75) is 58.3 Å². The van der Waals surface area contributed by atoms with Crippen molar-refractivity contribution >= 4 is 11.6 Å². The molecule has 5 rings (SSSR count). The molecule has 4 atom stereocenters. The number of pyridine rings is 1. The van der Waals surface area contributed by atoms with Crippen LogP contribution in [0.4, 0.5) is 5.69 Å². The Morgan fingerprint density at radius 1 is 1.33 bits per heavy atom. The van der Waals surface area contributed by atoms with Gasteiger partial charge in [-0.05, 0) is 51.3 Å². The summed E-state index contributed by atoms with van der Waals surface area (Å²) in [6.07, 6.45) is 6.86. The summed E-state index contributed by atoms with van der Waals surface area (Å²) in [4.78, 5) is 19.3. The van der Waals surface area contributed by atoms with Gasteiger partial charge in [0, 0.05) is 68.2 Å². The van der Waals surface area contributed by atoms with E-state index in [0.717, 1.165) is 37.3 Å². The number of aryl methyl sites for hydroxylation is 4. The number of nitrogens with one attached hydrogen (secondary N) is 1. The summed E-state index contributed by atoms with van der Waals surface area (Å²) in [7, 11) is 0. The molecule has 7 nitrogen and oxygen atoms in total. The smallest absolute Gasteiger partial charge is 0.221 e. The Morgan fingerprint density at radius 2 is 2.20 bits per heavy atom. The van der Waals surface area contributed by atoms with Gasteiger partial charge in [0.2, 0.25) is 5.91 Å². The molecule has 0 unspecified atom stereocenters. The lowest BCUT2D eigenvalue weighted by atomic mass is 9.73. The third-order valence-corrected chi connectivity index (χ3v) is 7.21. The molecule has 0 saturated carbocycles. The van der Waals surface area contributed by atoms with E-state index in [1.165, 1.54) is 11.3 Å². The summed E-state index contributed by atoms with van der Waals surface area (Å²) < 4.78 is 8.39. The van der Waals surface area contributed by atoms with E-state index in [4.69, 9.17) is 4.74 Å². The van der Waals surface area contributed by atoms with E-state index >= 15 is 0 Å². The Hall–Kier alpha value is -2.41. The Kier molecular flexibility index (Phi) is 4.81. The fraction of sp³-hybridized carbons (Fsp3) is 0.609. The second kappa shape index (κ2) is 7.38. The molecule has 7 heteroatoms. The Balaban J connectivity index is 1.22. The highest BCUT2D eigenvalue weighted by Crippen LogP contribution is 2.55. The van der Waals surface area contributed by atoms with Crippen molar-refractivity contribution in [2.24, 2.45) is 11.8 Å². The van der Waals surface area contributed by atoms with Crippen molar-refractivity contribution in [1.29, 1.82) is 0 Å². The van der Waals surface area contributed by atoms with Gasteiger partial charge in [0.1, 0.15) is 0 Å². The number of carbonyl (C=O) groups excluding carboxylic acids is 1. The summed E-state index contributed by atoms with van der Waals surface area (Å²) in [6, 6.07) is 4.15. The highest BCUT2D eigenvalue weighted by atomic mass is 16.5. The molecule has 3 saturated heterocycles. The normalized spacial score (nSPS) is 29.4. The van der Waals surface area contributed by atoms with E-state index in [2.05, 4.69) is 33.3 Å². The number of rotatable bonds is 6. The number of anilines is 1. The van der Waals surface area contributed by atoms with E-state index in [1.54, 1.807) is 0 Å². The molecule has 0 aliphatic carbocycles. The van der Waals surface area contributed by atoms with Gasteiger partial charge < -0.3 is 15.0 Å². The highest BCUT2D eigenvalue weighted by Gasteiger charge is 2.62. The molecule has 30 heavy (non-hydrogen) atoms. The molecular formula is C23H31N5O2. The molecule has 2 aromatic heterocycles. The molecule has 3 fully saturated rings. The number of amides is 1. The maximum atomic E-state index is 12.4. The van der Waals surface area contributed by atoms with Crippen LogP contribution >= 0.6 is 0 Å². The minimum absolute atomic E-state index is 0.0454. The predicted octanol–water partition coefficient (Wildman–Crippen LogP) is 2.39. The molecule has 1 amide bonds. The van der Waals surface area contributed by atoms with E-state index < -0.39 is 0 Å². The standard InChI is InChI=1S/C23H31N5O2/c1-15-11-24-17(3)10-20(15)27-13-19-18(21-4-7-23(19,14-27)30-21)12-25-22(29)6-9-28-8-5-16(2)26-28/h5,8,10-11,18-19,21H,4,6-7,9,12-14H2,1-3H3,(H,25,29)/t18-,19+,21+,23+/m0/s1. The zero-order valence-corrected chi connectivity index (χ0v) is 18.1. The zero-order valence-electron chi connectivity index (χ0n) is 18.1. The van der Waals surface area contributed by atoms with E-state index in [9.17, 15) is 4.79 Å². The number of hydrogen-bond acceptors (Lipinski definition) is 5. The van der Waals surface area contributed by atoms with Crippen molar-refractivity contribution in [1.82, 2.24) is 20.1 Å². The van der Waals surface area contributed by atoms with Crippen LogP contribution in [0.2, 0.25) is 0 Å². The van der Waals surface area contributed by atoms with Gasteiger partial charge in [-0.2, -0.15) is 5.10 Å². The maximum Gasteiger partial charge on any atom is 0.221 e. The molecular weight excluding hydrogens is 378 g/mol. The minimum Gasteiger partial charge on any atom is -0.369 e. The molecule has 3 aliphatic heterocycles. The SMILES string of the molecule is Cc1cc(N2C[C@@H]3[C@H](CNC(=O)CCn4ccc(C)n4)[C@H]4CC[C@]3(C2)O4)c(C)cn1.